The number of imidazole rings is 1. The molecule has 5 nitrogen and oxygen atoms in total. The van der Waals surface area contributed by atoms with Crippen molar-refractivity contribution in [2.45, 2.75) is 18.9 Å². The molecular weight excluding hydrogens is 324 g/mol. The Morgan fingerprint density at radius 2 is 1.96 bits per heavy atom. The third-order valence-corrected chi connectivity index (χ3v) is 4.06. The van der Waals surface area contributed by atoms with Gasteiger partial charge in [0.2, 0.25) is 5.28 Å². The molecule has 118 valence electrons. The molecule has 0 saturated heterocycles. The summed E-state index contributed by atoms with van der Waals surface area (Å²) in [5.41, 5.74) is 1.61. The van der Waals surface area contributed by atoms with E-state index >= 15 is 0 Å². The molecular formula is C15H12ClF2N5. The number of aromatic nitrogens is 4. The van der Waals surface area contributed by atoms with Crippen LogP contribution in [-0.4, -0.2) is 26.6 Å². The molecule has 1 saturated carbocycles. The average molecular weight is 336 g/mol. The summed E-state index contributed by atoms with van der Waals surface area (Å²) in [6.07, 6.45) is 3.51. The molecule has 8 heteroatoms. The quantitative estimate of drug-likeness (QED) is 0.740. The van der Waals surface area contributed by atoms with Gasteiger partial charge in [-0.2, -0.15) is 0 Å². The van der Waals surface area contributed by atoms with E-state index in [2.05, 4.69) is 20.3 Å². The fraction of sp³-hybridized carbons (Fsp3) is 0.267. The maximum Gasteiger partial charge on any atom is 0.224 e. The maximum absolute atomic E-state index is 13.7. The average Bonchev–Trinajstić information content (AvgIpc) is 3.30. The number of benzene rings is 1. The summed E-state index contributed by atoms with van der Waals surface area (Å²) in [5.74, 6) is -0.700. The van der Waals surface area contributed by atoms with Gasteiger partial charge in [0, 0.05) is 31.4 Å². The van der Waals surface area contributed by atoms with Gasteiger partial charge in [0.05, 0.1) is 16.6 Å². The smallest absolute Gasteiger partial charge is 0.224 e. The molecule has 0 spiro atoms. The first-order valence-corrected chi connectivity index (χ1v) is 7.54. The molecule has 1 fully saturated rings. The number of hydrogen-bond donors (Lipinski definition) is 1. The molecule has 3 aromatic rings. The second kappa shape index (κ2) is 5.13. The van der Waals surface area contributed by atoms with Crippen molar-refractivity contribution in [2.24, 2.45) is 0 Å². The standard InChI is InChI=1S/C15H12ClF2N5/c1-19-13-8(6-20-15(16)22-13)14-21-11-4-9(17)10(18)5-12(11)23(14)7-2-3-7/h4-7H,2-3H2,1H3,(H,19,20,22). The van der Waals surface area contributed by atoms with E-state index in [-0.39, 0.29) is 11.3 Å². The van der Waals surface area contributed by atoms with E-state index in [1.165, 1.54) is 6.07 Å². The molecule has 2 heterocycles. The van der Waals surface area contributed by atoms with Gasteiger partial charge in [-0.15, -0.1) is 0 Å². The van der Waals surface area contributed by atoms with Crippen molar-refractivity contribution >= 4 is 28.5 Å². The SMILES string of the molecule is CNc1nc(Cl)ncc1-c1nc2cc(F)c(F)cc2n1C1CC1. The number of nitrogens with zero attached hydrogens (tertiary/aromatic N) is 4. The molecule has 1 N–H and O–H groups in total. The predicted octanol–water partition coefficient (Wildman–Crippen LogP) is 3.80. The second-order valence-corrected chi connectivity index (χ2v) is 5.78. The first-order valence-electron chi connectivity index (χ1n) is 7.16. The van der Waals surface area contributed by atoms with Gasteiger partial charge < -0.3 is 9.88 Å². The highest BCUT2D eigenvalue weighted by molar-refractivity contribution is 6.28. The van der Waals surface area contributed by atoms with E-state index in [1.807, 2.05) is 4.57 Å². The first-order chi connectivity index (χ1) is 11.1. The van der Waals surface area contributed by atoms with Crippen molar-refractivity contribution < 1.29 is 8.78 Å². The summed E-state index contributed by atoms with van der Waals surface area (Å²) >= 11 is 5.83. The molecule has 1 aromatic carbocycles. The lowest BCUT2D eigenvalue weighted by atomic mass is 10.2. The Balaban J connectivity index is 2.02. The highest BCUT2D eigenvalue weighted by atomic mass is 35.5. The van der Waals surface area contributed by atoms with Crippen molar-refractivity contribution in [2.75, 3.05) is 12.4 Å². The third kappa shape index (κ3) is 2.31. The lowest BCUT2D eigenvalue weighted by Gasteiger charge is -2.10. The molecule has 0 atom stereocenters. The van der Waals surface area contributed by atoms with E-state index in [0.717, 1.165) is 18.9 Å². The fourth-order valence-electron chi connectivity index (χ4n) is 2.70. The number of nitrogens with one attached hydrogen (secondary N) is 1. The summed E-state index contributed by atoms with van der Waals surface area (Å²) in [4.78, 5) is 12.6. The minimum Gasteiger partial charge on any atom is -0.372 e. The molecule has 0 bridgehead atoms. The Morgan fingerprint density at radius 3 is 2.65 bits per heavy atom. The van der Waals surface area contributed by atoms with Crippen molar-refractivity contribution in [3.05, 3.63) is 35.2 Å². The van der Waals surface area contributed by atoms with Crippen LogP contribution in [0.4, 0.5) is 14.6 Å². The number of rotatable bonds is 3. The van der Waals surface area contributed by atoms with Gasteiger partial charge in [0.15, 0.2) is 11.6 Å². The maximum atomic E-state index is 13.7. The molecule has 0 unspecified atom stereocenters. The van der Waals surface area contributed by atoms with Gasteiger partial charge in [-0.05, 0) is 24.4 Å². The van der Waals surface area contributed by atoms with Crippen molar-refractivity contribution in [3.8, 4) is 11.4 Å². The predicted molar refractivity (Wildman–Crippen MR) is 83.5 cm³/mol. The van der Waals surface area contributed by atoms with E-state index in [0.29, 0.717) is 28.2 Å². The number of fused-ring (bicyclic) bond motifs is 1. The highest BCUT2D eigenvalue weighted by Crippen LogP contribution is 2.42. The zero-order valence-corrected chi connectivity index (χ0v) is 12.9. The van der Waals surface area contributed by atoms with E-state index in [9.17, 15) is 8.78 Å². The molecule has 1 aliphatic rings. The molecule has 2 aromatic heterocycles. The van der Waals surface area contributed by atoms with Gasteiger partial charge in [-0.25, -0.2) is 23.7 Å². The normalized spacial score (nSPS) is 14.4. The van der Waals surface area contributed by atoms with Crippen LogP contribution in [-0.2, 0) is 0 Å². The first kappa shape index (κ1) is 14.3. The topological polar surface area (TPSA) is 55.6 Å². The molecule has 1 aliphatic carbocycles. The van der Waals surface area contributed by atoms with Crippen LogP contribution in [0.3, 0.4) is 0 Å². The molecule has 0 amide bonds. The Kier molecular flexibility index (Phi) is 3.19. The van der Waals surface area contributed by atoms with Crippen LogP contribution in [0.25, 0.3) is 22.4 Å². The Hall–Kier alpha value is -2.28. The van der Waals surface area contributed by atoms with Crippen LogP contribution in [0.1, 0.15) is 18.9 Å². The third-order valence-electron chi connectivity index (χ3n) is 3.88. The molecule has 4 rings (SSSR count). The summed E-state index contributed by atoms with van der Waals surface area (Å²) in [5, 5.41) is 3.07. The zero-order valence-electron chi connectivity index (χ0n) is 12.1. The summed E-state index contributed by atoms with van der Waals surface area (Å²) < 4.78 is 29.1. The van der Waals surface area contributed by atoms with Gasteiger partial charge in [0.1, 0.15) is 11.6 Å². The van der Waals surface area contributed by atoms with E-state index in [4.69, 9.17) is 11.6 Å². The molecule has 0 aliphatic heterocycles. The van der Waals surface area contributed by atoms with Crippen LogP contribution in [0, 0.1) is 11.6 Å². The summed E-state index contributed by atoms with van der Waals surface area (Å²) in [6, 6.07) is 2.53. The van der Waals surface area contributed by atoms with Gasteiger partial charge in [-0.3, -0.25) is 0 Å². The molecule has 0 radical (unpaired) electrons. The Bertz CT molecular complexity index is 920. The number of anilines is 1. The van der Waals surface area contributed by atoms with E-state index < -0.39 is 11.6 Å². The van der Waals surface area contributed by atoms with Crippen LogP contribution >= 0.6 is 11.6 Å². The van der Waals surface area contributed by atoms with Crippen molar-refractivity contribution in [3.63, 3.8) is 0 Å². The minimum absolute atomic E-state index is 0.115. The lowest BCUT2D eigenvalue weighted by molar-refractivity contribution is 0.510. The fourth-order valence-corrected chi connectivity index (χ4v) is 2.83. The highest BCUT2D eigenvalue weighted by Gasteiger charge is 2.30. The number of hydrogen-bond acceptors (Lipinski definition) is 4. The number of halogens is 3. The Morgan fingerprint density at radius 1 is 1.22 bits per heavy atom. The lowest BCUT2D eigenvalue weighted by Crippen LogP contribution is -2.03. The van der Waals surface area contributed by atoms with Crippen LogP contribution in [0.5, 0.6) is 0 Å². The molecule has 23 heavy (non-hydrogen) atoms. The monoisotopic (exact) mass is 335 g/mol. The van der Waals surface area contributed by atoms with Gasteiger partial charge >= 0.3 is 0 Å². The van der Waals surface area contributed by atoms with Crippen LogP contribution in [0.15, 0.2) is 18.3 Å². The van der Waals surface area contributed by atoms with Crippen LogP contribution < -0.4 is 5.32 Å². The van der Waals surface area contributed by atoms with Crippen molar-refractivity contribution in [1.82, 2.24) is 19.5 Å². The Labute approximate surface area is 135 Å². The van der Waals surface area contributed by atoms with Crippen LogP contribution in [0.2, 0.25) is 5.28 Å². The van der Waals surface area contributed by atoms with Gasteiger partial charge in [-0.1, -0.05) is 0 Å². The largest absolute Gasteiger partial charge is 0.372 e. The van der Waals surface area contributed by atoms with E-state index in [1.54, 1.807) is 13.2 Å². The van der Waals surface area contributed by atoms with Gasteiger partial charge in [0.25, 0.3) is 0 Å². The minimum atomic E-state index is -0.911. The van der Waals surface area contributed by atoms with Crippen molar-refractivity contribution in [1.29, 1.82) is 0 Å². The zero-order chi connectivity index (χ0) is 16.1. The second-order valence-electron chi connectivity index (χ2n) is 5.44. The summed E-state index contributed by atoms with van der Waals surface area (Å²) in [7, 11) is 1.71. The summed E-state index contributed by atoms with van der Waals surface area (Å²) in [6.45, 7) is 0.